The fourth-order valence-electron chi connectivity index (χ4n) is 3.06. The lowest BCUT2D eigenvalue weighted by Crippen LogP contribution is -2.04. The van der Waals surface area contributed by atoms with Gasteiger partial charge in [0.2, 0.25) is 5.16 Å². The van der Waals surface area contributed by atoms with Crippen LogP contribution in [0.4, 0.5) is 0 Å². The van der Waals surface area contributed by atoms with E-state index in [-0.39, 0.29) is 5.16 Å². The number of oxazole rings is 1. The van der Waals surface area contributed by atoms with Gasteiger partial charge in [-0.1, -0.05) is 5.16 Å². The van der Waals surface area contributed by atoms with Crippen molar-refractivity contribution in [3.05, 3.63) is 59.0 Å². The summed E-state index contributed by atoms with van der Waals surface area (Å²) in [5, 5.41) is 29.6. The molecule has 1 N–H and O–H groups in total. The Labute approximate surface area is 171 Å². The third-order valence-corrected chi connectivity index (χ3v) is 7.81. The lowest BCUT2D eigenvalue weighted by Gasteiger charge is -2.26. The lowest BCUT2D eigenvalue weighted by atomic mass is 10.1. The van der Waals surface area contributed by atoms with Gasteiger partial charge in [-0.3, -0.25) is 0 Å². The Hall–Kier alpha value is -3.98. The maximum atomic E-state index is 5.73. The van der Waals surface area contributed by atoms with Gasteiger partial charge in [-0.2, -0.15) is 5.21 Å². The number of tetrazole rings is 1. The number of rotatable bonds is 5. The molecule has 0 amide bonds. The van der Waals surface area contributed by atoms with Gasteiger partial charge in [-0.15, -0.1) is 26.6 Å². The molecule has 0 aromatic carbocycles. The van der Waals surface area contributed by atoms with Crippen LogP contribution in [0.5, 0.6) is 0 Å². The van der Waals surface area contributed by atoms with Gasteiger partial charge < -0.3 is 13.5 Å². The average molecular weight is 440 g/mol. The largest absolute Gasteiger partial charge is 0.439 e. The van der Waals surface area contributed by atoms with Crippen molar-refractivity contribution >= 4 is 37.7 Å². The number of nitrogens with one attached hydrogen (secondary N) is 1. The van der Waals surface area contributed by atoms with Gasteiger partial charge in [0.25, 0.3) is 5.22 Å². The zero-order valence-electron chi connectivity index (χ0n) is 14.6. The predicted octanol–water partition coefficient (Wildman–Crippen LogP) is 2.22. The summed E-state index contributed by atoms with van der Waals surface area (Å²) < 4.78 is 20.9. The summed E-state index contributed by atoms with van der Waals surface area (Å²) in [6.07, 6.45) is 7.54. The Kier molecular flexibility index (Phi) is 3.68. The molecular weight excluding hydrogens is 432 g/mol. The van der Waals surface area contributed by atoms with Crippen LogP contribution in [0.25, 0.3) is 10.5 Å². The van der Waals surface area contributed by atoms with Crippen LogP contribution in [0.15, 0.2) is 70.9 Å². The fraction of sp³-hybridized carbons (Fsp3) is 0. The molecule has 1 unspecified atom stereocenters. The monoisotopic (exact) mass is 440 g/mol. The summed E-state index contributed by atoms with van der Waals surface area (Å²) in [5.41, 5.74) is 2.06. The van der Waals surface area contributed by atoms with Gasteiger partial charge in [0.1, 0.15) is 34.6 Å². The number of nitrogens with zero attached hydrogens (tertiary/aromatic N) is 9. The summed E-state index contributed by atoms with van der Waals surface area (Å²) in [7, 11) is -2.64. The molecule has 0 saturated heterocycles. The number of hydrogen-bond acceptors (Lipinski definition) is 13. The molecule has 0 fully saturated rings. The average Bonchev–Trinajstić information content (AvgIpc) is 3.62. The van der Waals surface area contributed by atoms with E-state index in [9.17, 15) is 0 Å². The van der Waals surface area contributed by atoms with E-state index in [4.69, 9.17) is 17.9 Å². The molecule has 0 bridgehead atoms. The van der Waals surface area contributed by atoms with Crippen molar-refractivity contribution in [3.8, 4) is 0 Å². The van der Waals surface area contributed by atoms with Crippen molar-refractivity contribution in [3.63, 3.8) is 0 Å². The Bertz CT molecular complexity index is 1290. The molecule has 148 valence electrons. The van der Waals surface area contributed by atoms with Gasteiger partial charge >= 0.3 is 0 Å². The van der Waals surface area contributed by atoms with E-state index in [2.05, 4.69) is 46.1 Å². The van der Waals surface area contributed by atoms with Crippen LogP contribution < -0.4 is 0 Å². The predicted molar refractivity (Wildman–Crippen MR) is 101 cm³/mol. The second-order valence-corrected chi connectivity index (χ2v) is 9.09. The molecule has 0 spiro atoms. The first kappa shape index (κ1) is 16.9. The highest BCUT2D eigenvalue weighted by Gasteiger charge is 2.50. The summed E-state index contributed by atoms with van der Waals surface area (Å²) in [6.45, 7) is 0. The number of allylic oxidation sites excluding steroid dienone is 1. The van der Waals surface area contributed by atoms with Gasteiger partial charge in [-0.05, 0) is 5.21 Å². The van der Waals surface area contributed by atoms with Gasteiger partial charge in [0, 0.05) is 33.1 Å². The molecule has 13 nitrogen and oxygen atoms in total. The summed E-state index contributed by atoms with van der Waals surface area (Å²) >= 11 is 1.42. The third-order valence-electron chi connectivity index (χ3n) is 4.16. The molecule has 0 aliphatic carbocycles. The van der Waals surface area contributed by atoms with Gasteiger partial charge in [0.15, 0.2) is 6.26 Å². The van der Waals surface area contributed by atoms with Crippen molar-refractivity contribution in [2.75, 3.05) is 0 Å². The van der Waals surface area contributed by atoms with Gasteiger partial charge in [0.05, 0.1) is 16.7 Å². The van der Waals surface area contributed by atoms with E-state index >= 15 is 0 Å². The van der Waals surface area contributed by atoms with Crippen molar-refractivity contribution in [2.24, 2.45) is 4.40 Å². The summed E-state index contributed by atoms with van der Waals surface area (Å²) in [5.74, 6) is 0. The Morgan fingerprint density at radius 1 is 1.03 bits per heavy atom. The highest BCUT2D eigenvalue weighted by atomic mass is 32.3. The van der Waals surface area contributed by atoms with Crippen LogP contribution in [-0.2, 0) is 0 Å². The smallest absolute Gasteiger partial charge is 0.268 e. The minimum atomic E-state index is -2.64. The molecule has 5 aromatic heterocycles. The number of aromatic nitrogens is 9. The first-order valence-electron chi connectivity index (χ1n) is 8.27. The standard InChI is InChI=1S/C15H8N10O3S2/c1-4-27-21-8(1)12-10(9-7-28-25-18-9)11(13-16-3-6-29-13)22-30(12,14-19-23-24-20-14)15-17-2-5-26-15/h1-7H,(H,19,20,23,24). The van der Waals surface area contributed by atoms with E-state index in [1.807, 2.05) is 5.38 Å². The molecule has 0 radical (unpaired) electrons. The minimum absolute atomic E-state index is 0.281. The van der Waals surface area contributed by atoms with Crippen LogP contribution in [0.3, 0.4) is 0 Å². The lowest BCUT2D eigenvalue weighted by molar-refractivity contribution is 0.393. The van der Waals surface area contributed by atoms with E-state index in [1.165, 1.54) is 36.3 Å². The van der Waals surface area contributed by atoms with E-state index in [0.29, 0.717) is 37.8 Å². The summed E-state index contributed by atoms with van der Waals surface area (Å²) in [4.78, 5) is 9.42. The number of thiazole rings is 1. The van der Waals surface area contributed by atoms with E-state index in [0.717, 1.165) is 0 Å². The molecule has 6 rings (SSSR count). The van der Waals surface area contributed by atoms with Crippen molar-refractivity contribution in [1.29, 1.82) is 0 Å². The molecular formula is C15H8N10O3S2. The maximum absolute atomic E-state index is 5.73. The first-order valence-corrected chi connectivity index (χ1v) is 10.7. The number of hydrogen-bond donors (Lipinski definition) is 1. The Balaban J connectivity index is 1.78. The number of aromatic amines is 1. The molecule has 15 heteroatoms. The van der Waals surface area contributed by atoms with Crippen LogP contribution in [0.2, 0.25) is 0 Å². The highest BCUT2D eigenvalue weighted by Crippen LogP contribution is 2.75. The fourth-order valence-corrected chi connectivity index (χ4v) is 6.61. The zero-order chi connectivity index (χ0) is 20.0. The molecule has 1 aliphatic rings. The molecule has 0 saturated carbocycles. The van der Waals surface area contributed by atoms with E-state index in [1.54, 1.807) is 12.3 Å². The molecule has 1 atom stereocenters. The van der Waals surface area contributed by atoms with Crippen molar-refractivity contribution < 1.29 is 13.5 Å². The number of H-pyrrole nitrogens is 1. The zero-order valence-corrected chi connectivity index (χ0v) is 16.2. The molecule has 30 heavy (non-hydrogen) atoms. The topological polar surface area (TPSA) is 171 Å². The second-order valence-electron chi connectivity index (χ2n) is 5.73. The highest BCUT2D eigenvalue weighted by molar-refractivity contribution is 8.40. The summed E-state index contributed by atoms with van der Waals surface area (Å²) in [6, 6.07) is 1.70. The van der Waals surface area contributed by atoms with Crippen LogP contribution in [0.1, 0.15) is 16.4 Å². The Morgan fingerprint density at radius 2 is 2.03 bits per heavy atom. The van der Waals surface area contributed by atoms with Crippen molar-refractivity contribution in [1.82, 2.24) is 46.1 Å². The third kappa shape index (κ3) is 2.32. The van der Waals surface area contributed by atoms with E-state index < -0.39 is 10.2 Å². The molecule has 6 heterocycles. The Morgan fingerprint density at radius 3 is 2.70 bits per heavy atom. The normalized spacial score (nSPS) is 21.0. The quantitative estimate of drug-likeness (QED) is 0.425. The van der Waals surface area contributed by atoms with Crippen LogP contribution >= 0.6 is 21.6 Å². The van der Waals surface area contributed by atoms with Gasteiger partial charge in [-0.25, -0.2) is 14.4 Å². The maximum Gasteiger partial charge on any atom is 0.268 e. The second kappa shape index (κ2) is 6.53. The van der Waals surface area contributed by atoms with Crippen LogP contribution in [-0.4, -0.2) is 51.8 Å². The SMILES string of the molecule is c1coc(S2(c3nn[nH]n3)N=C(c3nccs3)C(c3conn3)=C2c2ccon2)n1. The van der Waals surface area contributed by atoms with Crippen molar-refractivity contribution in [2.45, 2.75) is 10.4 Å². The van der Waals surface area contributed by atoms with Crippen LogP contribution in [0, 0.1) is 0 Å². The minimum Gasteiger partial charge on any atom is -0.439 e. The molecule has 1 aliphatic heterocycles. The first-order chi connectivity index (χ1) is 14.9. The molecule has 5 aromatic rings.